The monoisotopic (exact) mass is 368 g/mol. The molecule has 0 saturated carbocycles. The van der Waals surface area contributed by atoms with E-state index in [1.807, 2.05) is 56.3 Å². The fourth-order valence-corrected chi connectivity index (χ4v) is 2.40. The molecule has 2 aromatic rings. The first-order valence-corrected chi connectivity index (χ1v) is 8.80. The Bertz CT molecular complexity index is 773. The number of benzene rings is 2. The van der Waals surface area contributed by atoms with Crippen molar-refractivity contribution in [2.45, 2.75) is 32.7 Å². The zero-order valence-corrected chi connectivity index (χ0v) is 15.5. The predicted octanol–water partition coefficient (Wildman–Crippen LogP) is 3.13. The average molecular weight is 368 g/mol. The van der Waals surface area contributed by atoms with Crippen LogP contribution in [0, 0.1) is 6.92 Å². The first-order chi connectivity index (χ1) is 12.9. The molecule has 0 bridgehead atoms. The van der Waals surface area contributed by atoms with Crippen molar-refractivity contribution < 1.29 is 19.1 Å². The summed E-state index contributed by atoms with van der Waals surface area (Å²) in [6, 6.07) is 16.7. The second-order valence-electron chi connectivity index (χ2n) is 6.27. The van der Waals surface area contributed by atoms with E-state index in [0.29, 0.717) is 5.69 Å². The molecule has 2 aromatic carbocycles. The van der Waals surface area contributed by atoms with E-state index in [-0.39, 0.29) is 37.3 Å². The van der Waals surface area contributed by atoms with E-state index in [9.17, 15) is 14.4 Å². The average Bonchev–Trinajstić information content (AvgIpc) is 2.67. The Morgan fingerprint density at radius 3 is 2.26 bits per heavy atom. The Labute approximate surface area is 158 Å². The number of aryl methyl sites for hydroxylation is 1. The number of carbonyl (C=O) groups excluding carboxylic acids is 3. The molecule has 0 aliphatic carbocycles. The standard InChI is InChI=1S/C21H24N2O4/c1-15-8-10-18(11-9-15)23-19(24)12-13-21(26)27-14-20(25)22-16(2)17-6-4-3-5-7-17/h3-11,16H,12-14H2,1-2H3,(H,22,25)(H,23,24)/t16-/m0/s1. The van der Waals surface area contributed by atoms with Crippen molar-refractivity contribution >= 4 is 23.5 Å². The van der Waals surface area contributed by atoms with Crippen LogP contribution < -0.4 is 10.6 Å². The maximum absolute atomic E-state index is 11.9. The van der Waals surface area contributed by atoms with E-state index in [1.54, 1.807) is 12.1 Å². The summed E-state index contributed by atoms with van der Waals surface area (Å²) in [5, 5.41) is 5.47. The summed E-state index contributed by atoms with van der Waals surface area (Å²) < 4.78 is 4.93. The van der Waals surface area contributed by atoms with Gasteiger partial charge in [0.2, 0.25) is 5.91 Å². The molecule has 142 valence electrons. The summed E-state index contributed by atoms with van der Waals surface area (Å²) in [6.45, 7) is 3.44. The molecule has 0 aliphatic heterocycles. The number of ether oxygens (including phenoxy) is 1. The van der Waals surface area contributed by atoms with Crippen molar-refractivity contribution in [3.8, 4) is 0 Å². The number of amides is 2. The van der Waals surface area contributed by atoms with Gasteiger partial charge in [-0.05, 0) is 31.5 Å². The molecule has 27 heavy (non-hydrogen) atoms. The van der Waals surface area contributed by atoms with E-state index in [0.717, 1.165) is 11.1 Å². The lowest BCUT2D eigenvalue weighted by Crippen LogP contribution is -2.31. The van der Waals surface area contributed by atoms with Gasteiger partial charge in [0, 0.05) is 12.1 Å². The summed E-state index contributed by atoms with van der Waals surface area (Å²) in [5.41, 5.74) is 2.73. The summed E-state index contributed by atoms with van der Waals surface area (Å²) >= 11 is 0. The zero-order valence-electron chi connectivity index (χ0n) is 15.5. The van der Waals surface area contributed by atoms with Gasteiger partial charge in [0.1, 0.15) is 0 Å². The van der Waals surface area contributed by atoms with E-state index in [1.165, 1.54) is 0 Å². The third-order valence-electron chi connectivity index (χ3n) is 3.93. The highest BCUT2D eigenvalue weighted by Crippen LogP contribution is 2.11. The SMILES string of the molecule is Cc1ccc(NC(=O)CCC(=O)OCC(=O)N[C@@H](C)c2ccccc2)cc1. The first kappa shape index (κ1) is 20.2. The van der Waals surface area contributed by atoms with Crippen LogP contribution in [0.25, 0.3) is 0 Å². The number of hydrogen-bond donors (Lipinski definition) is 2. The van der Waals surface area contributed by atoms with E-state index in [2.05, 4.69) is 10.6 Å². The molecule has 0 saturated heterocycles. The molecule has 0 heterocycles. The maximum atomic E-state index is 11.9. The van der Waals surface area contributed by atoms with Crippen LogP contribution in [0.1, 0.15) is 36.9 Å². The van der Waals surface area contributed by atoms with Crippen molar-refractivity contribution in [3.63, 3.8) is 0 Å². The molecule has 0 aromatic heterocycles. The van der Waals surface area contributed by atoms with Crippen LogP contribution in [0.15, 0.2) is 54.6 Å². The minimum atomic E-state index is -0.587. The number of rotatable bonds is 8. The van der Waals surface area contributed by atoms with Crippen molar-refractivity contribution in [2.75, 3.05) is 11.9 Å². The Balaban J connectivity index is 1.65. The summed E-state index contributed by atoms with van der Waals surface area (Å²) in [7, 11) is 0. The Hall–Kier alpha value is -3.15. The molecule has 0 fully saturated rings. The van der Waals surface area contributed by atoms with Crippen LogP contribution in [0.3, 0.4) is 0 Å². The quantitative estimate of drug-likeness (QED) is 0.701. The molecule has 0 aliphatic rings. The molecule has 1 atom stereocenters. The molecule has 2 N–H and O–H groups in total. The number of anilines is 1. The lowest BCUT2D eigenvalue weighted by atomic mass is 10.1. The van der Waals surface area contributed by atoms with Crippen molar-refractivity contribution in [3.05, 3.63) is 65.7 Å². The molecule has 0 unspecified atom stereocenters. The normalized spacial score (nSPS) is 11.3. The third-order valence-corrected chi connectivity index (χ3v) is 3.93. The van der Waals surface area contributed by atoms with Gasteiger partial charge in [0.05, 0.1) is 12.5 Å². The predicted molar refractivity (Wildman–Crippen MR) is 103 cm³/mol. The summed E-state index contributed by atoms with van der Waals surface area (Å²) in [4.78, 5) is 35.4. The van der Waals surface area contributed by atoms with Gasteiger partial charge in [-0.15, -0.1) is 0 Å². The van der Waals surface area contributed by atoms with E-state index < -0.39 is 5.97 Å². The van der Waals surface area contributed by atoms with Crippen LogP contribution >= 0.6 is 0 Å². The molecule has 2 amide bonds. The number of nitrogens with one attached hydrogen (secondary N) is 2. The molecule has 0 spiro atoms. The highest BCUT2D eigenvalue weighted by Gasteiger charge is 2.13. The minimum absolute atomic E-state index is 0.00521. The lowest BCUT2D eigenvalue weighted by Gasteiger charge is -2.14. The smallest absolute Gasteiger partial charge is 0.306 e. The van der Waals surface area contributed by atoms with Gasteiger partial charge >= 0.3 is 5.97 Å². The highest BCUT2D eigenvalue weighted by molar-refractivity contribution is 5.92. The number of hydrogen-bond acceptors (Lipinski definition) is 4. The third kappa shape index (κ3) is 7.32. The first-order valence-electron chi connectivity index (χ1n) is 8.80. The highest BCUT2D eigenvalue weighted by atomic mass is 16.5. The Morgan fingerprint density at radius 2 is 1.59 bits per heavy atom. The number of esters is 1. The molecule has 6 heteroatoms. The van der Waals surface area contributed by atoms with Gasteiger partial charge in [-0.2, -0.15) is 0 Å². The number of carbonyl (C=O) groups is 3. The van der Waals surface area contributed by atoms with Crippen molar-refractivity contribution in [1.82, 2.24) is 5.32 Å². The van der Waals surface area contributed by atoms with Crippen molar-refractivity contribution in [2.24, 2.45) is 0 Å². The minimum Gasteiger partial charge on any atom is -0.456 e. The fraction of sp³-hybridized carbons (Fsp3) is 0.286. The Kier molecular flexibility index (Phi) is 7.55. The van der Waals surface area contributed by atoms with Gasteiger partial charge in [-0.3, -0.25) is 14.4 Å². The van der Waals surface area contributed by atoms with Gasteiger partial charge in [-0.25, -0.2) is 0 Å². The Morgan fingerprint density at radius 1 is 0.926 bits per heavy atom. The summed E-state index contributed by atoms with van der Waals surface area (Å²) in [6.07, 6.45) is -0.0893. The molecule has 0 radical (unpaired) electrons. The van der Waals surface area contributed by atoms with Crippen LogP contribution in [0.2, 0.25) is 0 Å². The van der Waals surface area contributed by atoms with Crippen LogP contribution in [0.4, 0.5) is 5.69 Å². The van der Waals surface area contributed by atoms with E-state index in [4.69, 9.17) is 4.74 Å². The zero-order chi connectivity index (χ0) is 19.6. The van der Waals surface area contributed by atoms with Gasteiger partial charge in [0.25, 0.3) is 5.91 Å². The van der Waals surface area contributed by atoms with Crippen LogP contribution in [-0.2, 0) is 19.1 Å². The molecular formula is C21H24N2O4. The molecule has 2 rings (SSSR count). The topological polar surface area (TPSA) is 84.5 Å². The maximum Gasteiger partial charge on any atom is 0.306 e. The fourth-order valence-electron chi connectivity index (χ4n) is 2.40. The second-order valence-corrected chi connectivity index (χ2v) is 6.27. The van der Waals surface area contributed by atoms with Crippen molar-refractivity contribution in [1.29, 1.82) is 0 Å². The van der Waals surface area contributed by atoms with Crippen LogP contribution in [0.5, 0.6) is 0 Å². The van der Waals surface area contributed by atoms with E-state index >= 15 is 0 Å². The lowest BCUT2D eigenvalue weighted by molar-refractivity contribution is -0.149. The molecule has 6 nitrogen and oxygen atoms in total. The van der Waals surface area contributed by atoms with Crippen LogP contribution in [-0.4, -0.2) is 24.4 Å². The largest absolute Gasteiger partial charge is 0.456 e. The molecular weight excluding hydrogens is 344 g/mol. The summed E-state index contributed by atoms with van der Waals surface area (Å²) in [5.74, 6) is -1.25. The van der Waals surface area contributed by atoms with Gasteiger partial charge < -0.3 is 15.4 Å². The second kappa shape index (κ2) is 10.1. The van der Waals surface area contributed by atoms with Gasteiger partial charge in [0.15, 0.2) is 6.61 Å². The van der Waals surface area contributed by atoms with Gasteiger partial charge in [-0.1, -0.05) is 48.0 Å².